The van der Waals surface area contributed by atoms with Crippen LogP contribution in [0.1, 0.15) is 30.5 Å². The number of aromatic nitrogens is 2. The monoisotopic (exact) mass is 304 g/mol. The first-order chi connectivity index (χ1) is 11.3. The average molecular weight is 304 g/mol. The fourth-order valence-electron chi connectivity index (χ4n) is 3.02. The lowest BCUT2D eigenvalue weighted by Crippen LogP contribution is -2.27. The number of nitrogens with zero attached hydrogens (tertiary/aromatic N) is 2. The zero-order chi connectivity index (χ0) is 16.2. The number of hydrogen-bond donors (Lipinski definition) is 0. The van der Waals surface area contributed by atoms with Crippen LogP contribution in [0, 0.1) is 0 Å². The predicted molar refractivity (Wildman–Crippen MR) is 94.8 cm³/mol. The Balaban J connectivity index is 2.26. The van der Waals surface area contributed by atoms with Crippen LogP contribution < -0.4 is 5.56 Å². The molecule has 0 aliphatic rings. The molecule has 3 rings (SSSR count). The smallest absolute Gasteiger partial charge is 0.273 e. The second-order valence-electron chi connectivity index (χ2n) is 5.56. The summed E-state index contributed by atoms with van der Waals surface area (Å²) in [5.74, 6) is 0.00405. The van der Waals surface area contributed by atoms with Crippen LogP contribution >= 0.6 is 0 Å². The van der Waals surface area contributed by atoms with Gasteiger partial charge in [0.05, 0.1) is 11.0 Å². The third-order valence-corrected chi connectivity index (χ3v) is 4.13. The van der Waals surface area contributed by atoms with Crippen LogP contribution in [0.4, 0.5) is 0 Å². The normalized spacial score (nSPS) is 12.2. The summed E-state index contributed by atoms with van der Waals surface area (Å²) in [6.45, 7) is 6.35. The Morgan fingerprint density at radius 2 is 1.83 bits per heavy atom. The lowest BCUT2D eigenvalue weighted by Gasteiger charge is -2.17. The van der Waals surface area contributed by atoms with Crippen LogP contribution in [0.25, 0.3) is 11.0 Å². The van der Waals surface area contributed by atoms with Gasteiger partial charge in [0.25, 0.3) is 5.56 Å². The number of allylic oxidation sites excluding steroid dienone is 1. The van der Waals surface area contributed by atoms with E-state index in [4.69, 9.17) is 4.98 Å². The van der Waals surface area contributed by atoms with Gasteiger partial charge < -0.3 is 4.57 Å². The van der Waals surface area contributed by atoms with E-state index >= 15 is 0 Å². The van der Waals surface area contributed by atoms with Gasteiger partial charge in [-0.15, -0.1) is 6.58 Å². The molecule has 2 aromatic carbocycles. The van der Waals surface area contributed by atoms with Gasteiger partial charge >= 0.3 is 0 Å². The number of fused-ring (bicyclic) bond motifs is 1. The largest absolute Gasteiger partial charge is 0.301 e. The predicted octanol–water partition coefficient (Wildman–Crippen LogP) is 4.12. The van der Waals surface area contributed by atoms with E-state index in [-0.39, 0.29) is 11.5 Å². The van der Waals surface area contributed by atoms with Crippen LogP contribution in [-0.2, 0) is 6.54 Å². The van der Waals surface area contributed by atoms with E-state index in [1.807, 2.05) is 42.5 Å². The first-order valence-corrected chi connectivity index (χ1v) is 7.91. The number of para-hydroxylation sites is 2. The molecule has 0 N–H and O–H groups in total. The van der Waals surface area contributed by atoms with Gasteiger partial charge in [0.1, 0.15) is 5.69 Å². The van der Waals surface area contributed by atoms with Gasteiger partial charge in [-0.25, -0.2) is 4.98 Å². The summed E-state index contributed by atoms with van der Waals surface area (Å²) in [6, 6.07) is 17.9. The van der Waals surface area contributed by atoms with Crippen molar-refractivity contribution in [1.29, 1.82) is 0 Å². The van der Waals surface area contributed by atoms with Crippen molar-refractivity contribution in [2.24, 2.45) is 0 Å². The van der Waals surface area contributed by atoms with Gasteiger partial charge in [-0.05, 0) is 24.1 Å². The molecule has 23 heavy (non-hydrogen) atoms. The van der Waals surface area contributed by atoms with Crippen LogP contribution in [0.2, 0.25) is 0 Å². The first kappa shape index (κ1) is 15.2. The molecular formula is C20H20N2O. The van der Waals surface area contributed by atoms with Crippen molar-refractivity contribution in [3.8, 4) is 0 Å². The highest BCUT2D eigenvalue weighted by molar-refractivity contribution is 5.74. The molecule has 1 aromatic heterocycles. The second-order valence-corrected chi connectivity index (χ2v) is 5.56. The number of hydrogen-bond acceptors (Lipinski definition) is 2. The van der Waals surface area contributed by atoms with Gasteiger partial charge in [-0.2, -0.15) is 0 Å². The van der Waals surface area contributed by atoms with E-state index in [0.29, 0.717) is 12.2 Å². The van der Waals surface area contributed by atoms with Crippen molar-refractivity contribution in [1.82, 2.24) is 9.55 Å². The third kappa shape index (κ3) is 2.82. The fourth-order valence-corrected chi connectivity index (χ4v) is 3.02. The molecule has 1 heterocycles. The van der Waals surface area contributed by atoms with Crippen LogP contribution in [0.3, 0.4) is 0 Å². The summed E-state index contributed by atoms with van der Waals surface area (Å²) in [5.41, 5.74) is 3.40. The molecule has 3 nitrogen and oxygen atoms in total. The Kier molecular flexibility index (Phi) is 4.38. The average Bonchev–Trinajstić information content (AvgIpc) is 2.60. The Bertz CT molecular complexity index is 881. The molecule has 0 spiro atoms. The topological polar surface area (TPSA) is 34.9 Å². The molecule has 0 fully saturated rings. The van der Waals surface area contributed by atoms with E-state index in [1.54, 1.807) is 10.6 Å². The summed E-state index contributed by atoms with van der Waals surface area (Å²) in [4.78, 5) is 17.7. The van der Waals surface area contributed by atoms with E-state index in [9.17, 15) is 4.79 Å². The Hall–Kier alpha value is -2.68. The van der Waals surface area contributed by atoms with Crippen molar-refractivity contribution >= 4 is 11.0 Å². The molecule has 0 saturated heterocycles. The summed E-state index contributed by atoms with van der Waals surface area (Å²) in [6.07, 6.45) is 2.58. The van der Waals surface area contributed by atoms with Gasteiger partial charge in [0.2, 0.25) is 0 Å². The highest BCUT2D eigenvalue weighted by Crippen LogP contribution is 2.25. The van der Waals surface area contributed by atoms with Gasteiger partial charge in [0.15, 0.2) is 0 Å². The van der Waals surface area contributed by atoms with E-state index in [0.717, 1.165) is 23.0 Å². The first-order valence-electron chi connectivity index (χ1n) is 7.91. The molecule has 0 aliphatic heterocycles. The maximum absolute atomic E-state index is 13.0. The lowest BCUT2D eigenvalue weighted by atomic mass is 9.93. The molecule has 0 aliphatic carbocycles. The zero-order valence-electron chi connectivity index (χ0n) is 13.3. The molecule has 0 radical (unpaired) electrons. The van der Waals surface area contributed by atoms with E-state index < -0.39 is 0 Å². The standard InChI is InChI=1S/C20H20N2O/c1-3-14-22-18-13-9-8-12-17(18)21-19(20(22)23)16(4-2)15-10-6-5-7-11-15/h3,5-13,16H,1,4,14H2,2H3. The molecule has 0 bridgehead atoms. The van der Waals surface area contributed by atoms with Crippen molar-refractivity contribution in [2.45, 2.75) is 25.8 Å². The Morgan fingerprint density at radius 1 is 1.13 bits per heavy atom. The van der Waals surface area contributed by atoms with E-state index in [1.165, 1.54) is 0 Å². The van der Waals surface area contributed by atoms with Gasteiger partial charge in [-0.1, -0.05) is 55.5 Å². The fraction of sp³-hybridized carbons (Fsp3) is 0.200. The SMILES string of the molecule is C=CCn1c(=O)c(C(CC)c2ccccc2)nc2ccccc21. The van der Waals surface area contributed by atoms with Gasteiger partial charge in [-0.3, -0.25) is 4.79 Å². The summed E-state index contributed by atoms with van der Waals surface area (Å²) in [7, 11) is 0. The Morgan fingerprint density at radius 3 is 2.52 bits per heavy atom. The minimum absolute atomic E-state index is 0.00405. The maximum Gasteiger partial charge on any atom is 0.273 e. The van der Waals surface area contributed by atoms with E-state index in [2.05, 4.69) is 25.6 Å². The molecule has 1 unspecified atom stereocenters. The quantitative estimate of drug-likeness (QED) is 0.664. The van der Waals surface area contributed by atoms with Crippen molar-refractivity contribution in [3.63, 3.8) is 0 Å². The number of rotatable bonds is 5. The molecule has 3 heteroatoms. The van der Waals surface area contributed by atoms with Crippen LogP contribution in [0.15, 0.2) is 72.0 Å². The van der Waals surface area contributed by atoms with Crippen molar-refractivity contribution in [3.05, 3.63) is 88.9 Å². The second kappa shape index (κ2) is 6.61. The maximum atomic E-state index is 13.0. The van der Waals surface area contributed by atoms with Crippen LogP contribution in [-0.4, -0.2) is 9.55 Å². The molecule has 1 atom stereocenters. The van der Waals surface area contributed by atoms with Gasteiger partial charge in [0, 0.05) is 12.5 Å². The lowest BCUT2D eigenvalue weighted by molar-refractivity contribution is 0.704. The summed E-state index contributed by atoms with van der Waals surface area (Å²) < 4.78 is 1.76. The number of benzene rings is 2. The summed E-state index contributed by atoms with van der Waals surface area (Å²) >= 11 is 0. The minimum Gasteiger partial charge on any atom is -0.301 e. The molecule has 3 aromatic rings. The molecule has 0 saturated carbocycles. The minimum atomic E-state index is -0.0284. The van der Waals surface area contributed by atoms with Crippen LogP contribution in [0.5, 0.6) is 0 Å². The molecule has 116 valence electrons. The highest BCUT2D eigenvalue weighted by Gasteiger charge is 2.20. The molecular weight excluding hydrogens is 284 g/mol. The molecule has 0 amide bonds. The third-order valence-electron chi connectivity index (χ3n) is 4.13. The Labute approximate surface area is 135 Å². The highest BCUT2D eigenvalue weighted by atomic mass is 16.1. The summed E-state index contributed by atoms with van der Waals surface area (Å²) in [5, 5.41) is 0. The zero-order valence-corrected chi connectivity index (χ0v) is 13.3. The van der Waals surface area contributed by atoms with Crippen molar-refractivity contribution < 1.29 is 0 Å². The van der Waals surface area contributed by atoms with Crippen molar-refractivity contribution in [2.75, 3.05) is 0 Å².